The number of hydrogen-bond donors (Lipinski definition) is 1. The second-order valence-corrected chi connectivity index (χ2v) is 10.1. The summed E-state index contributed by atoms with van der Waals surface area (Å²) < 4.78 is 2.14. The lowest BCUT2D eigenvalue weighted by atomic mass is 9.98. The molecule has 4 aromatic rings. The molecule has 0 unspecified atom stereocenters. The van der Waals surface area contributed by atoms with Gasteiger partial charge in [0.1, 0.15) is 0 Å². The molecule has 0 aliphatic heterocycles. The number of carbonyl (C=O) groups excluding carboxylic acids is 1. The predicted molar refractivity (Wildman–Crippen MR) is 133 cm³/mol. The van der Waals surface area contributed by atoms with Crippen molar-refractivity contribution in [2.45, 2.75) is 44.8 Å². The standard InChI is InChI=1S/C24H24N6OS2/c1-14-9-15(2)21(16(3)10-14)19-12-32-23(26-19)27-20(31)13-33-24-29-28-22(30(24)18-6-7-18)17-5-4-8-25-11-17/h4-5,8-12,18H,6-7,13H2,1-3H3,(H,26,27,31). The summed E-state index contributed by atoms with van der Waals surface area (Å²) in [4.78, 5) is 21.5. The number of rotatable bonds is 7. The molecule has 33 heavy (non-hydrogen) atoms. The number of carbonyl (C=O) groups is 1. The number of benzene rings is 1. The van der Waals surface area contributed by atoms with Crippen molar-refractivity contribution in [1.82, 2.24) is 24.7 Å². The first-order chi connectivity index (χ1) is 16.0. The largest absolute Gasteiger partial charge is 0.301 e. The van der Waals surface area contributed by atoms with Crippen LogP contribution in [0, 0.1) is 20.8 Å². The highest BCUT2D eigenvalue weighted by Gasteiger charge is 2.30. The highest BCUT2D eigenvalue weighted by atomic mass is 32.2. The summed E-state index contributed by atoms with van der Waals surface area (Å²) in [7, 11) is 0. The summed E-state index contributed by atoms with van der Waals surface area (Å²) in [6.07, 6.45) is 5.74. The number of aryl methyl sites for hydroxylation is 3. The number of pyridine rings is 1. The number of anilines is 1. The van der Waals surface area contributed by atoms with E-state index < -0.39 is 0 Å². The van der Waals surface area contributed by atoms with Crippen LogP contribution in [0.15, 0.2) is 47.2 Å². The Bertz CT molecular complexity index is 1290. The summed E-state index contributed by atoms with van der Waals surface area (Å²) in [6.45, 7) is 6.29. The smallest absolute Gasteiger partial charge is 0.236 e. The van der Waals surface area contributed by atoms with Crippen LogP contribution in [0.1, 0.15) is 35.6 Å². The van der Waals surface area contributed by atoms with E-state index in [1.54, 1.807) is 12.4 Å². The molecule has 1 fully saturated rings. The average molecular weight is 477 g/mol. The van der Waals surface area contributed by atoms with Gasteiger partial charge in [-0.25, -0.2) is 4.98 Å². The molecule has 168 valence electrons. The molecule has 1 aromatic carbocycles. The van der Waals surface area contributed by atoms with E-state index in [0.717, 1.165) is 40.6 Å². The van der Waals surface area contributed by atoms with E-state index in [0.29, 0.717) is 11.2 Å². The molecule has 7 nitrogen and oxygen atoms in total. The number of thioether (sulfide) groups is 1. The third kappa shape index (κ3) is 4.69. The van der Waals surface area contributed by atoms with E-state index >= 15 is 0 Å². The van der Waals surface area contributed by atoms with Crippen LogP contribution in [-0.2, 0) is 4.79 Å². The molecule has 1 aliphatic rings. The number of aromatic nitrogens is 5. The Morgan fingerprint density at radius 2 is 2.00 bits per heavy atom. The Morgan fingerprint density at radius 3 is 2.70 bits per heavy atom. The fourth-order valence-electron chi connectivity index (χ4n) is 4.04. The van der Waals surface area contributed by atoms with Gasteiger partial charge in [0.05, 0.1) is 11.4 Å². The fraction of sp³-hybridized carbons (Fsp3) is 0.292. The third-order valence-corrected chi connectivity index (χ3v) is 7.21. The summed E-state index contributed by atoms with van der Waals surface area (Å²) in [5.74, 6) is 0.948. The van der Waals surface area contributed by atoms with Crippen LogP contribution < -0.4 is 5.32 Å². The van der Waals surface area contributed by atoms with E-state index in [1.807, 2.05) is 17.5 Å². The molecule has 0 saturated heterocycles. The van der Waals surface area contributed by atoms with Crippen LogP contribution in [-0.4, -0.2) is 36.4 Å². The maximum absolute atomic E-state index is 12.7. The van der Waals surface area contributed by atoms with Crippen LogP contribution >= 0.6 is 23.1 Å². The zero-order valence-corrected chi connectivity index (χ0v) is 20.3. The van der Waals surface area contributed by atoms with Crippen molar-refractivity contribution in [2.75, 3.05) is 11.1 Å². The van der Waals surface area contributed by atoms with E-state index in [4.69, 9.17) is 0 Å². The van der Waals surface area contributed by atoms with E-state index in [1.165, 1.54) is 39.8 Å². The maximum Gasteiger partial charge on any atom is 0.236 e. The molecule has 3 heterocycles. The lowest BCUT2D eigenvalue weighted by molar-refractivity contribution is -0.113. The van der Waals surface area contributed by atoms with Gasteiger partial charge >= 0.3 is 0 Å². The molecule has 5 rings (SSSR count). The van der Waals surface area contributed by atoms with Crippen LogP contribution in [0.5, 0.6) is 0 Å². The first kappa shape index (κ1) is 21.8. The van der Waals surface area contributed by atoms with Gasteiger partial charge in [-0.3, -0.25) is 14.3 Å². The molecule has 1 aliphatic carbocycles. The average Bonchev–Trinajstić information content (AvgIpc) is 3.37. The Labute approximate surface area is 200 Å². The van der Waals surface area contributed by atoms with E-state index in [9.17, 15) is 4.79 Å². The first-order valence-corrected chi connectivity index (χ1v) is 12.7. The van der Waals surface area contributed by atoms with Crippen molar-refractivity contribution in [3.8, 4) is 22.6 Å². The topological polar surface area (TPSA) is 85.6 Å². The minimum atomic E-state index is -0.105. The number of nitrogens with one attached hydrogen (secondary N) is 1. The van der Waals surface area contributed by atoms with Crippen molar-refractivity contribution >= 4 is 34.1 Å². The van der Waals surface area contributed by atoms with Crippen molar-refractivity contribution in [3.63, 3.8) is 0 Å². The van der Waals surface area contributed by atoms with Gasteiger partial charge in [0.25, 0.3) is 0 Å². The molecule has 1 amide bonds. The van der Waals surface area contributed by atoms with E-state index in [2.05, 4.69) is 63.0 Å². The second kappa shape index (κ2) is 9.07. The van der Waals surface area contributed by atoms with Gasteiger partial charge in [0.15, 0.2) is 16.1 Å². The van der Waals surface area contributed by atoms with Crippen molar-refractivity contribution in [2.24, 2.45) is 0 Å². The Balaban J connectivity index is 1.27. The molecular formula is C24H24N6OS2. The predicted octanol–water partition coefficient (Wildman–Crippen LogP) is 5.45. The third-order valence-electron chi connectivity index (χ3n) is 5.51. The molecule has 0 atom stereocenters. The summed E-state index contributed by atoms with van der Waals surface area (Å²) in [6, 6.07) is 8.58. The second-order valence-electron chi connectivity index (χ2n) is 8.30. The highest BCUT2D eigenvalue weighted by molar-refractivity contribution is 7.99. The van der Waals surface area contributed by atoms with Gasteiger partial charge in [0.2, 0.25) is 5.91 Å². The van der Waals surface area contributed by atoms with Crippen LogP contribution in [0.3, 0.4) is 0 Å². The van der Waals surface area contributed by atoms with Crippen molar-refractivity contribution in [1.29, 1.82) is 0 Å². The van der Waals surface area contributed by atoms with Gasteiger partial charge in [-0.05, 0) is 56.9 Å². The molecule has 0 radical (unpaired) electrons. The molecule has 0 spiro atoms. The SMILES string of the molecule is Cc1cc(C)c(-c2csc(NC(=O)CSc3nnc(-c4cccnc4)n3C3CC3)n2)c(C)c1. The van der Waals surface area contributed by atoms with Gasteiger partial charge in [-0.15, -0.1) is 21.5 Å². The monoisotopic (exact) mass is 476 g/mol. The van der Waals surface area contributed by atoms with Crippen molar-refractivity contribution < 1.29 is 4.79 Å². The summed E-state index contributed by atoms with van der Waals surface area (Å²) >= 11 is 2.84. The maximum atomic E-state index is 12.7. The minimum Gasteiger partial charge on any atom is -0.301 e. The quantitative estimate of drug-likeness (QED) is 0.357. The summed E-state index contributed by atoms with van der Waals surface area (Å²) in [5.41, 5.74) is 6.58. The Morgan fingerprint density at radius 1 is 1.21 bits per heavy atom. The van der Waals surface area contributed by atoms with Gasteiger partial charge in [-0.1, -0.05) is 29.5 Å². The molecule has 1 N–H and O–H groups in total. The highest BCUT2D eigenvalue weighted by Crippen LogP contribution is 2.41. The van der Waals surface area contributed by atoms with Gasteiger partial charge in [0, 0.05) is 34.9 Å². The minimum absolute atomic E-state index is 0.105. The zero-order valence-electron chi connectivity index (χ0n) is 18.7. The van der Waals surface area contributed by atoms with Crippen molar-refractivity contribution in [3.05, 3.63) is 58.7 Å². The van der Waals surface area contributed by atoms with E-state index in [-0.39, 0.29) is 11.7 Å². The lowest BCUT2D eigenvalue weighted by Crippen LogP contribution is -2.14. The van der Waals surface area contributed by atoms with Crippen LogP contribution in [0.2, 0.25) is 0 Å². The van der Waals surface area contributed by atoms with Gasteiger partial charge < -0.3 is 5.32 Å². The number of nitrogens with zero attached hydrogens (tertiary/aromatic N) is 5. The van der Waals surface area contributed by atoms with Crippen LogP contribution in [0.4, 0.5) is 5.13 Å². The molecular weight excluding hydrogens is 452 g/mol. The fourth-order valence-corrected chi connectivity index (χ4v) is 5.57. The first-order valence-electron chi connectivity index (χ1n) is 10.8. The molecule has 3 aromatic heterocycles. The number of hydrogen-bond acceptors (Lipinski definition) is 7. The Kier molecular flexibility index (Phi) is 5.99. The van der Waals surface area contributed by atoms with Gasteiger partial charge in [-0.2, -0.15) is 0 Å². The molecule has 1 saturated carbocycles. The Hall–Kier alpha value is -3.04. The molecule has 0 bridgehead atoms. The number of amides is 1. The van der Waals surface area contributed by atoms with Crippen LogP contribution in [0.25, 0.3) is 22.6 Å². The molecule has 9 heteroatoms. The lowest BCUT2D eigenvalue weighted by Gasteiger charge is -2.09. The zero-order chi connectivity index (χ0) is 22.9. The normalized spacial score (nSPS) is 13.3. The number of thiazole rings is 1. The summed E-state index contributed by atoms with van der Waals surface area (Å²) in [5, 5.41) is 15.0.